The Bertz CT molecular complexity index is 245. The summed E-state index contributed by atoms with van der Waals surface area (Å²) in [6.45, 7) is 8.84. The van der Waals surface area contributed by atoms with E-state index in [1.54, 1.807) is 0 Å². The van der Waals surface area contributed by atoms with Crippen LogP contribution in [0.25, 0.3) is 0 Å². The van der Waals surface area contributed by atoms with E-state index >= 15 is 0 Å². The number of hydrogen-bond acceptors (Lipinski definition) is 2. The molecule has 2 aliphatic rings. The molecule has 15 heavy (non-hydrogen) atoms. The zero-order valence-electron chi connectivity index (χ0n) is 10.4. The molecule has 1 aliphatic carbocycles. The van der Waals surface area contributed by atoms with Crippen molar-refractivity contribution in [1.29, 1.82) is 0 Å². The lowest BCUT2D eigenvalue weighted by molar-refractivity contribution is -0.320. The number of rotatable bonds is 0. The van der Waals surface area contributed by atoms with Gasteiger partial charge in [-0.3, -0.25) is 0 Å². The maximum absolute atomic E-state index is 10.6. The van der Waals surface area contributed by atoms with Crippen molar-refractivity contribution in [3.63, 3.8) is 0 Å². The second-order valence-electron chi connectivity index (χ2n) is 6.41. The smallest absolute Gasteiger partial charge is 0.169 e. The summed E-state index contributed by atoms with van der Waals surface area (Å²) in [5, 5.41) is 10.6. The summed E-state index contributed by atoms with van der Waals surface area (Å²) in [6.07, 6.45) is 4.43. The van der Waals surface area contributed by atoms with Crippen LogP contribution in [-0.2, 0) is 4.74 Å². The van der Waals surface area contributed by atoms with Crippen molar-refractivity contribution in [3.05, 3.63) is 0 Å². The SMILES string of the molecule is CC1CC(C)(C)C2CCC(C)OC2(O)C1. The largest absolute Gasteiger partial charge is 0.365 e. The third-order valence-electron chi connectivity index (χ3n) is 4.27. The van der Waals surface area contributed by atoms with E-state index in [4.69, 9.17) is 4.74 Å². The van der Waals surface area contributed by atoms with Gasteiger partial charge in [0.2, 0.25) is 0 Å². The summed E-state index contributed by atoms with van der Waals surface area (Å²) in [5.74, 6) is 0.0303. The standard InChI is InChI=1S/C13H24O2/c1-9-7-12(3,4)11-6-5-10(2)15-13(11,14)8-9/h9-11,14H,5-8H2,1-4H3. The molecule has 0 aromatic carbocycles. The molecule has 0 radical (unpaired) electrons. The summed E-state index contributed by atoms with van der Waals surface area (Å²) < 4.78 is 5.84. The fourth-order valence-corrected chi connectivity index (χ4v) is 3.92. The van der Waals surface area contributed by atoms with Crippen molar-refractivity contribution in [2.24, 2.45) is 17.3 Å². The molecule has 4 unspecified atom stereocenters. The molecule has 2 fully saturated rings. The van der Waals surface area contributed by atoms with Gasteiger partial charge in [0.25, 0.3) is 0 Å². The third-order valence-corrected chi connectivity index (χ3v) is 4.27. The number of ether oxygens (including phenoxy) is 1. The zero-order chi connectivity index (χ0) is 11.3. The normalized spacial score (nSPS) is 49.8. The van der Waals surface area contributed by atoms with Gasteiger partial charge >= 0.3 is 0 Å². The Morgan fingerprint density at radius 2 is 1.80 bits per heavy atom. The highest BCUT2D eigenvalue weighted by atomic mass is 16.6. The van der Waals surface area contributed by atoms with Gasteiger partial charge in [0.05, 0.1) is 6.10 Å². The van der Waals surface area contributed by atoms with Gasteiger partial charge in [-0.15, -0.1) is 0 Å². The Morgan fingerprint density at radius 1 is 1.13 bits per heavy atom. The van der Waals surface area contributed by atoms with Gasteiger partial charge in [0, 0.05) is 12.3 Å². The van der Waals surface area contributed by atoms with E-state index in [0.717, 1.165) is 19.3 Å². The first-order chi connectivity index (χ1) is 6.83. The second kappa shape index (κ2) is 3.46. The third kappa shape index (κ3) is 1.94. The fraction of sp³-hybridized carbons (Fsp3) is 1.00. The van der Waals surface area contributed by atoms with Gasteiger partial charge < -0.3 is 9.84 Å². The van der Waals surface area contributed by atoms with Crippen molar-refractivity contribution in [2.75, 3.05) is 0 Å². The highest BCUT2D eigenvalue weighted by Gasteiger charge is 2.53. The molecular formula is C13H24O2. The van der Waals surface area contributed by atoms with Gasteiger partial charge in [-0.1, -0.05) is 20.8 Å². The first-order valence-corrected chi connectivity index (χ1v) is 6.24. The summed E-state index contributed by atoms with van der Waals surface area (Å²) >= 11 is 0. The molecule has 1 saturated heterocycles. The lowest BCUT2D eigenvalue weighted by Gasteiger charge is -2.54. The molecule has 1 aliphatic heterocycles. The Labute approximate surface area is 93.0 Å². The molecular weight excluding hydrogens is 188 g/mol. The van der Waals surface area contributed by atoms with Crippen LogP contribution in [0.3, 0.4) is 0 Å². The molecule has 1 heterocycles. The van der Waals surface area contributed by atoms with Gasteiger partial charge in [0.15, 0.2) is 5.79 Å². The minimum absolute atomic E-state index is 0.215. The predicted octanol–water partition coefficient (Wildman–Crippen LogP) is 2.95. The average Bonchev–Trinajstić information content (AvgIpc) is 1.97. The molecule has 2 nitrogen and oxygen atoms in total. The van der Waals surface area contributed by atoms with Crippen LogP contribution in [0.15, 0.2) is 0 Å². The van der Waals surface area contributed by atoms with Crippen LogP contribution in [0, 0.1) is 17.3 Å². The van der Waals surface area contributed by atoms with Crippen molar-refractivity contribution in [3.8, 4) is 0 Å². The second-order valence-corrected chi connectivity index (χ2v) is 6.41. The van der Waals surface area contributed by atoms with Gasteiger partial charge in [0.1, 0.15) is 0 Å². The minimum Gasteiger partial charge on any atom is -0.365 e. The maximum Gasteiger partial charge on any atom is 0.169 e. The van der Waals surface area contributed by atoms with Crippen molar-refractivity contribution < 1.29 is 9.84 Å². The van der Waals surface area contributed by atoms with Crippen LogP contribution in [-0.4, -0.2) is 17.0 Å². The van der Waals surface area contributed by atoms with Crippen LogP contribution in [0.4, 0.5) is 0 Å². The van der Waals surface area contributed by atoms with Gasteiger partial charge in [-0.2, -0.15) is 0 Å². The quantitative estimate of drug-likeness (QED) is 0.669. The summed E-state index contributed by atoms with van der Waals surface area (Å²) in [5.41, 5.74) is 0.215. The van der Waals surface area contributed by atoms with Crippen LogP contribution < -0.4 is 0 Å². The Balaban J connectivity index is 2.25. The molecule has 0 amide bonds. The maximum atomic E-state index is 10.6. The molecule has 1 saturated carbocycles. The van der Waals surface area contributed by atoms with E-state index in [1.165, 1.54) is 6.42 Å². The zero-order valence-corrected chi connectivity index (χ0v) is 10.4. The van der Waals surface area contributed by atoms with Crippen LogP contribution in [0.5, 0.6) is 0 Å². The van der Waals surface area contributed by atoms with Gasteiger partial charge in [-0.05, 0) is 37.5 Å². The summed E-state index contributed by atoms with van der Waals surface area (Å²) in [7, 11) is 0. The predicted molar refractivity (Wildman–Crippen MR) is 60.4 cm³/mol. The summed E-state index contributed by atoms with van der Waals surface area (Å²) in [6, 6.07) is 0. The van der Waals surface area contributed by atoms with E-state index in [0.29, 0.717) is 11.8 Å². The molecule has 2 heteroatoms. The molecule has 0 aromatic heterocycles. The molecule has 0 spiro atoms. The van der Waals surface area contributed by atoms with Crippen molar-refractivity contribution >= 4 is 0 Å². The fourth-order valence-electron chi connectivity index (χ4n) is 3.92. The van der Waals surface area contributed by atoms with E-state index in [-0.39, 0.29) is 11.5 Å². The molecule has 0 bridgehead atoms. The molecule has 2 rings (SSSR count). The highest BCUT2D eigenvalue weighted by Crippen LogP contribution is 2.53. The number of fused-ring (bicyclic) bond motifs is 1. The first-order valence-electron chi connectivity index (χ1n) is 6.24. The Hall–Kier alpha value is -0.0800. The van der Waals surface area contributed by atoms with E-state index in [1.807, 2.05) is 0 Å². The highest BCUT2D eigenvalue weighted by molar-refractivity contribution is 4.98. The average molecular weight is 212 g/mol. The molecule has 1 N–H and O–H groups in total. The first kappa shape index (κ1) is 11.4. The van der Waals surface area contributed by atoms with Crippen LogP contribution in [0.1, 0.15) is 53.4 Å². The molecule has 4 atom stereocenters. The Kier molecular flexibility index (Phi) is 2.63. The number of aliphatic hydroxyl groups is 1. The van der Waals surface area contributed by atoms with E-state index < -0.39 is 5.79 Å². The van der Waals surface area contributed by atoms with E-state index in [9.17, 15) is 5.11 Å². The lowest BCUT2D eigenvalue weighted by Crippen LogP contribution is -2.56. The van der Waals surface area contributed by atoms with Crippen molar-refractivity contribution in [1.82, 2.24) is 0 Å². The van der Waals surface area contributed by atoms with Crippen LogP contribution >= 0.6 is 0 Å². The lowest BCUT2D eigenvalue weighted by atomic mass is 9.60. The van der Waals surface area contributed by atoms with Crippen molar-refractivity contribution in [2.45, 2.75) is 65.3 Å². The van der Waals surface area contributed by atoms with Crippen LogP contribution in [0.2, 0.25) is 0 Å². The monoisotopic (exact) mass is 212 g/mol. The van der Waals surface area contributed by atoms with E-state index in [2.05, 4.69) is 27.7 Å². The number of hydrogen-bond donors (Lipinski definition) is 1. The molecule has 0 aromatic rings. The Morgan fingerprint density at radius 3 is 2.47 bits per heavy atom. The summed E-state index contributed by atoms with van der Waals surface area (Å²) in [4.78, 5) is 0. The topological polar surface area (TPSA) is 29.5 Å². The minimum atomic E-state index is -0.848. The van der Waals surface area contributed by atoms with Gasteiger partial charge in [-0.25, -0.2) is 0 Å². The molecule has 88 valence electrons.